The Labute approximate surface area is 333 Å². The molecule has 2 nitrogen and oxygen atoms in total. The molecule has 57 heavy (non-hydrogen) atoms. The van der Waals surface area contributed by atoms with Gasteiger partial charge >= 0.3 is 0 Å². The molecule has 0 aliphatic carbocycles. The van der Waals surface area contributed by atoms with Gasteiger partial charge in [-0.05, 0) is 104 Å². The molecule has 266 valence electrons. The van der Waals surface area contributed by atoms with Crippen LogP contribution >= 0.6 is 11.3 Å². The van der Waals surface area contributed by atoms with E-state index >= 15 is 0 Å². The van der Waals surface area contributed by atoms with E-state index < -0.39 is 0 Å². The Morgan fingerprint density at radius 2 is 1.04 bits per heavy atom. The van der Waals surface area contributed by atoms with Crippen molar-refractivity contribution in [3.63, 3.8) is 0 Å². The largest absolute Gasteiger partial charge is 0.455 e. The maximum atomic E-state index is 6.75. The Kier molecular flexibility index (Phi) is 7.13. The molecule has 0 atom stereocenters. The van der Waals surface area contributed by atoms with Crippen LogP contribution in [0.2, 0.25) is 0 Å². The minimum atomic E-state index is 0.867. The molecule has 2 heterocycles. The highest BCUT2D eigenvalue weighted by Gasteiger charge is 2.23. The summed E-state index contributed by atoms with van der Waals surface area (Å²) in [6.45, 7) is 0. The lowest BCUT2D eigenvalue weighted by Crippen LogP contribution is -2.11. The van der Waals surface area contributed by atoms with Crippen molar-refractivity contribution in [1.82, 2.24) is 0 Å². The predicted octanol–water partition coefficient (Wildman–Crippen LogP) is 16.2. The van der Waals surface area contributed by atoms with E-state index in [-0.39, 0.29) is 0 Å². The van der Waals surface area contributed by atoms with Crippen LogP contribution in [-0.4, -0.2) is 0 Å². The first-order valence-corrected chi connectivity index (χ1v) is 20.2. The van der Waals surface area contributed by atoms with Crippen molar-refractivity contribution in [2.24, 2.45) is 0 Å². The number of rotatable bonds is 5. The molecular weight excluding hydrogens is 711 g/mol. The normalized spacial score (nSPS) is 11.9. The lowest BCUT2D eigenvalue weighted by atomic mass is 9.93. The smallest absolute Gasteiger partial charge is 0.143 e. The third kappa shape index (κ3) is 5.03. The fourth-order valence-corrected chi connectivity index (χ4v) is 10.1. The number of hydrogen-bond donors (Lipinski definition) is 0. The van der Waals surface area contributed by atoms with Crippen molar-refractivity contribution in [3.8, 4) is 22.3 Å². The Morgan fingerprint density at radius 3 is 1.91 bits per heavy atom. The Morgan fingerprint density at radius 1 is 0.368 bits per heavy atom. The van der Waals surface area contributed by atoms with Gasteiger partial charge in [-0.2, -0.15) is 0 Å². The maximum Gasteiger partial charge on any atom is 0.143 e. The molecule has 10 aromatic carbocycles. The summed E-state index contributed by atoms with van der Waals surface area (Å²) in [5.74, 6) is 0. The first kappa shape index (κ1) is 32.1. The van der Waals surface area contributed by atoms with Crippen molar-refractivity contribution in [2.75, 3.05) is 4.90 Å². The summed E-state index contributed by atoms with van der Waals surface area (Å²) in [5.41, 5.74) is 9.78. The molecule has 12 aromatic rings. The van der Waals surface area contributed by atoms with Crippen molar-refractivity contribution >= 4 is 103 Å². The van der Waals surface area contributed by atoms with E-state index in [1.807, 2.05) is 11.3 Å². The zero-order valence-electron chi connectivity index (χ0n) is 30.8. The van der Waals surface area contributed by atoms with Crippen LogP contribution in [0.1, 0.15) is 0 Å². The quantitative estimate of drug-likeness (QED) is 0.163. The number of hydrogen-bond acceptors (Lipinski definition) is 3. The summed E-state index contributed by atoms with van der Waals surface area (Å²) in [6.07, 6.45) is 0. The summed E-state index contributed by atoms with van der Waals surface area (Å²) < 4.78 is 9.36. The monoisotopic (exact) mass is 743 g/mol. The van der Waals surface area contributed by atoms with E-state index in [1.165, 1.54) is 63.8 Å². The first-order valence-electron chi connectivity index (χ1n) is 19.4. The van der Waals surface area contributed by atoms with Gasteiger partial charge in [0.1, 0.15) is 11.2 Å². The highest BCUT2D eigenvalue weighted by atomic mass is 32.1. The average Bonchev–Trinajstić information content (AvgIpc) is 3.86. The SMILES string of the molecule is c1ccc(N(c2ccc(-c3cc4ccccc4c4ccccc34)cc2)c2cccc3oc4c5ccccc5ccc4c23)c(-c2ccc3sc4ccccc4c3c2)c1. The standard InChI is InChI=1S/C54H33NOS/c1-4-16-41-34(12-1)26-30-45-53-49(21-11-22-50(53)56-54(41)45)55(48-20-9-7-15-40(48)37-27-31-52-47(33-37)44-19-8-10-23-51(44)57-52)38-28-24-35(25-29-38)46-32-36-13-2-3-14-39(36)42-17-5-6-18-43(42)46/h1-33H. The number of fused-ring (bicyclic) bond motifs is 11. The van der Waals surface area contributed by atoms with Crippen LogP contribution in [0.25, 0.3) is 96.7 Å². The van der Waals surface area contributed by atoms with Crippen LogP contribution < -0.4 is 4.90 Å². The van der Waals surface area contributed by atoms with Crippen LogP contribution in [0.4, 0.5) is 17.1 Å². The first-order chi connectivity index (χ1) is 28.3. The molecule has 0 radical (unpaired) electrons. The summed E-state index contributed by atoms with van der Waals surface area (Å²) in [6, 6.07) is 72.8. The number of anilines is 3. The molecule has 0 saturated heterocycles. The fourth-order valence-electron chi connectivity index (χ4n) is 9.02. The van der Waals surface area contributed by atoms with Crippen LogP contribution in [0.5, 0.6) is 0 Å². The van der Waals surface area contributed by atoms with Gasteiger partial charge in [0, 0.05) is 42.2 Å². The van der Waals surface area contributed by atoms with Gasteiger partial charge in [0.05, 0.1) is 16.8 Å². The van der Waals surface area contributed by atoms with E-state index in [4.69, 9.17) is 4.42 Å². The Hall–Kier alpha value is -7.20. The van der Waals surface area contributed by atoms with Gasteiger partial charge in [0.15, 0.2) is 0 Å². The molecule has 0 spiro atoms. The van der Waals surface area contributed by atoms with Crippen LogP contribution in [-0.2, 0) is 0 Å². The molecular formula is C54H33NOS. The van der Waals surface area contributed by atoms with Gasteiger partial charge in [0.25, 0.3) is 0 Å². The molecule has 12 rings (SSSR count). The molecule has 0 amide bonds. The van der Waals surface area contributed by atoms with Gasteiger partial charge < -0.3 is 9.32 Å². The molecule has 2 aromatic heterocycles. The van der Waals surface area contributed by atoms with Gasteiger partial charge in [-0.25, -0.2) is 0 Å². The minimum Gasteiger partial charge on any atom is -0.455 e. The van der Waals surface area contributed by atoms with E-state index in [9.17, 15) is 0 Å². The van der Waals surface area contributed by atoms with E-state index in [0.717, 1.165) is 50.0 Å². The third-order valence-electron chi connectivity index (χ3n) is 11.6. The van der Waals surface area contributed by atoms with Crippen molar-refractivity contribution < 1.29 is 4.42 Å². The Balaban J connectivity index is 1.10. The summed E-state index contributed by atoms with van der Waals surface area (Å²) >= 11 is 1.85. The molecule has 3 heteroatoms. The zero-order chi connectivity index (χ0) is 37.5. The summed E-state index contributed by atoms with van der Waals surface area (Å²) in [5, 5.41) is 12.1. The Bertz CT molecular complexity index is 3540. The van der Waals surface area contributed by atoms with Crippen molar-refractivity contribution in [3.05, 3.63) is 200 Å². The van der Waals surface area contributed by atoms with E-state index in [1.54, 1.807) is 0 Å². The lowest BCUT2D eigenvalue weighted by Gasteiger charge is -2.29. The van der Waals surface area contributed by atoms with E-state index in [2.05, 4.69) is 205 Å². The van der Waals surface area contributed by atoms with Crippen LogP contribution in [0.3, 0.4) is 0 Å². The lowest BCUT2D eigenvalue weighted by molar-refractivity contribution is 0.672. The molecule has 0 bridgehead atoms. The van der Waals surface area contributed by atoms with Gasteiger partial charge in [0.2, 0.25) is 0 Å². The second-order valence-corrected chi connectivity index (χ2v) is 15.9. The van der Waals surface area contributed by atoms with Gasteiger partial charge in [-0.1, -0.05) is 140 Å². The summed E-state index contributed by atoms with van der Waals surface area (Å²) in [7, 11) is 0. The fraction of sp³-hybridized carbons (Fsp3) is 0. The number of thiophene rings is 1. The molecule has 0 aliphatic rings. The molecule has 0 fully saturated rings. The van der Waals surface area contributed by atoms with Crippen LogP contribution in [0, 0.1) is 0 Å². The molecule has 0 N–H and O–H groups in total. The number of para-hydroxylation sites is 1. The van der Waals surface area contributed by atoms with Gasteiger partial charge in [-0.15, -0.1) is 11.3 Å². The number of nitrogens with zero attached hydrogens (tertiary/aromatic N) is 1. The highest BCUT2D eigenvalue weighted by Crippen LogP contribution is 2.48. The highest BCUT2D eigenvalue weighted by molar-refractivity contribution is 7.25. The third-order valence-corrected chi connectivity index (χ3v) is 12.8. The molecule has 0 aliphatic heterocycles. The second kappa shape index (κ2) is 12.7. The predicted molar refractivity (Wildman–Crippen MR) is 245 cm³/mol. The van der Waals surface area contributed by atoms with Crippen molar-refractivity contribution in [1.29, 1.82) is 0 Å². The van der Waals surface area contributed by atoms with E-state index in [0.29, 0.717) is 0 Å². The van der Waals surface area contributed by atoms with Crippen LogP contribution in [0.15, 0.2) is 205 Å². The topological polar surface area (TPSA) is 16.4 Å². The van der Waals surface area contributed by atoms with Gasteiger partial charge in [-0.3, -0.25) is 0 Å². The summed E-state index contributed by atoms with van der Waals surface area (Å²) in [4.78, 5) is 2.43. The van der Waals surface area contributed by atoms with Crippen molar-refractivity contribution in [2.45, 2.75) is 0 Å². The molecule has 0 unspecified atom stereocenters. The number of furan rings is 1. The average molecular weight is 744 g/mol. The number of benzene rings is 10. The maximum absolute atomic E-state index is 6.75. The molecule has 0 saturated carbocycles. The minimum absolute atomic E-state index is 0.867. The zero-order valence-corrected chi connectivity index (χ0v) is 31.6. The second-order valence-electron chi connectivity index (χ2n) is 14.8.